The second-order valence-corrected chi connectivity index (χ2v) is 10.2. The summed E-state index contributed by atoms with van der Waals surface area (Å²) in [6.07, 6.45) is 3.41. The Morgan fingerprint density at radius 2 is 1.77 bits per heavy atom. The van der Waals surface area contributed by atoms with E-state index in [2.05, 4.69) is 40.5 Å². The predicted molar refractivity (Wildman–Crippen MR) is 119 cm³/mol. The maximum absolute atomic E-state index is 12.8. The number of pyridine rings is 2. The minimum absolute atomic E-state index is 0.0569. The number of hydrogen-bond donors (Lipinski definition) is 1. The Morgan fingerprint density at radius 3 is 2.40 bits per heavy atom. The molecule has 0 fully saturated rings. The third-order valence-electron chi connectivity index (χ3n) is 4.82. The second kappa shape index (κ2) is 7.49. The third kappa shape index (κ3) is 4.22. The van der Waals surface area contributed by atoms with Gasteiger partial charge in [0.05, 0.1) is 21.3 Å². The number of hydrogen-bond acceptors (Lipinski definition) is 5. The molecular formula is C22H21ClN4O2S. The van der Waals surface area contributed by atoms with Crippen molar-refractivity contribution >= 4 is 33.2 Å². The van der Waals surface area contributed by atoms with Gasteiger partial charge in [-0.05, 0) is 47.4 Å². The molecule has 3 heterocycles. The molecule has 1 N–H and O–H groups in total. The van der Waals surface area contributed by atoms with Gasteiger partial charge in [0.25, 0.3) is 10.0 Å². The van der Waals surface area contributed by atoms with Gasteiger partial charge < -0.3 is 0 Å². The van der Waals surface area contributed by atoms with Gasteiger partial charge in [0.2, 0.25) is 0 Å². The SMILES string of the molecule is CC(C)(C)c1ccc(S(=O)(=O)Nc2ccc(Cl)c(C3N=C3c3cccnc3)n2)cc1. The molecule has 0 spiro atoms. The van der Waals surface area contributed by atoms with Crippen molar-refractivity contribution in [1.82, 2.24) is 9.97 Å². The standard InChI is InChI=1S/C22H21ClN4O2S/c1-22(2,3)15-6-8-16(9-7-15)30(28,29)27-18-11-10-17(23)20(25-18)21-19(26-21)14-5-4-12-24-13-14/h4-13,21H,1-3H3,(H,25,27). The lowest BCUT2D eigenvalue weighted by Gasteiger charge is -2.19. The van der Waals surface area contributed by atoms with Gasteiger partial charge in [-0.3, -0.25) is 14.7 Å². The Kier molecular flexibility index (Phi) is 5.11. The fourth-order valence-corrected chi connectivity index (χ4v) is 4.29. The van der Waals surface area contributed by atoms with E-state index in [1.54, 1.807) is 36.7 Å². The minimum Gasteiger partial charge on any atom is -0.270 e. The Labute approximate surface area is 181 Å². The highest BCUT2D eigenvalue weighted by molar-refractivity contribution is 7.92. The molecule has 8 heteroatoms. The van der Waals surface area contributed by atoms with Crippen LogP contribution in [0.4, 0.5) is 5.82 Å². The normalized spacial score (nSPS) is 16.1. The van der Waals surface area contributed by atoms with Gasteiger partial charge in [-0.1, -0.05) is 44.5 Å². The van der Waals surface area contributed by atoms with Crippen LogP contribution in [0.5, 0.6) is 0 Å². The van der Waals surface area contributed by atoms with E-state index < -0.39 is 10.0 Å². The molecule has 30 heavy (non-hydrogen) atoms. The number of rotatable bonds is 5. The van der Waals surface area contributed by atoms with Crippen LogP contribution in [0.15, 0.2) is 70.8 Å². The number of aliphatic imine (C=N–C) groups is 1. The molecule has 3 aromatic rings. The van der Waals surface area contributed by atoms with Crippen LogP contribution in [0.3, 0.4) is 0 Å². The molecule has 0 radical (unpaired) electrons. The molecular weight excluding hydrogens is 420 g/mol. The maximum Gasteiger partial charge on any atom is 0.263 e. The highest BCUT2D eigenvalue weighted by Gasteiger charge is 2.34. The van der Waals surface area contributed by atoms with Crippen LogP contribution in [0, 0.1) is 0 Å². The fourth-order valence-electron chi connectivity index (χ4n) is 3.08. The molecule has 0 bridgehead atoms. The van der Waals surface area contributed by atoms with Crippen molar-refractivity contribution < 1.29 is 8.42 Å². The molecule has 1 atom stereocenters. The summed E-state index contributed by atoms with van der Waals surface area (Å²) in [5.74, 6) is 0.196. The molecule has 0 saturated heterocycles. The van der Waals surface area contributed by atoms with Crippen molar-refractivity contribution in [3.63, 3.8) is 0 Å². The number of anilines is 1. The van der Waals surface area contributed by atoms with Crippen LogP contribution < -0.4 is 4.72 Å². The van der Waals surface area contributed by atoms with E-state index in [0.29, 0.717) is 10.7 Å². The molecule has 0 saturated carbocycles. The van der Waals surface area contributed by atoms with Gasteiger partial charge in [0, 0.05) is 18.0 Å². The van der Waals surface area contributed by atoms with Gasteiger partial charge in [-0.2, -0.15) is 0 Å². The number of halogens is 1. The highest BCUT2D eigenvalue weighted by Crippen LogP contribution is 2.38. The maximum atomic E-state index is 12.8. The third-order valence-corrected chi connectivity index (χ3v) is 6.51. The van der Waals surface area contributed by atoms with Crippen LogP contribution in [-0.2, 0) is 15.4 Å². The lowest BCUT2D eigenvalue weighted by atomic mass is 9.87. The molecule has 2 aromatic heterocycles. The number of aromatic nitrogens is 2. The van der Waals surface area contributed by atoms with Gasteiger partial charge in [-0.15, -0.1) is 0 Å². The van der Waals surface area contributed by atoms with E-state index in [0.717, 1.165) is 16.8 Å². The number of benzene rings is 1. The smallest absolute Gasteiger partial charge is 0.263 e. The summed E-state index contributed by atoms with van der Waals surface area (Å²) in [7, 11) is -3.78. The van der Waals surface area contributed by atoms with E-state index >= 15 is 0 Å². The van der Waals surface area contributed by atoms with Gasteiger partial charge in [0.1, 0.15) is 11.9 Å². The Hall–Kier alpha value is -2.77. The first-order valence-electron chi connectivity index (χ1n) is 9.43. The molecule has 1 aromatic carbocycles. The van der Waals surface area contributed by atoms with Crippen molar-refractivity contribution in [2.45, 2.75) is 37.1 Å². The van der Waals surface area contributed by atoms with Crippen LogP contribution in [-0.4, -0.2) is 24.1 Å². The van der Waals surface area contributed by atoms with Crippen molar-refractivity contribution in [2.24, 2.45) is 4.99 Å². The fraction of sp³-hybridized carbons (Fsp3) is 0.227. The number of nitrogens with zero attached hydrogens (tertiary/aromatic N) is 3. The van der Waals surface area contributed by atoms with Crippen LogP contribution >= 0.6 is 11.6 Å². The van der Waals surface area contributed by atoms with E-state index in [1.807, 2.05) is 24.3 Å². The second-order valence-electron chi connectivity index (χ2n) is 8.10. The molecule has 1 aliphatic heterocycles. The first-order chi connectivity index (χ1) is 14.1. The van der Waals surface area contributed by atoms with Gasteiger partial charge in [-0.25, -0.2) is 13.4 Å². The quantitative estimate of drug-likeness (QED) is 0.619. The summed E-state index contributed by atoms with van der Waals surface area (Å²) in [4.78, 5) is 13.1. The van der Waals surface area contributed by atoms with Crippen molar-refractivity contribution in [3.05, 3.63) is 82.8 Å². The zero-order valence-electron chi connectivity index (χ0n) is 16.8. The Balaban J connectivity index is 1.55. The largest absolute Gasteiger partial charge is 0.270 e. The molecule has 1 aliphatic rings. The van der Waals surface area contributed by atoms with Crippen LogP contribution in [0.2, 0.25) is 5.02 Å². The monoisotopic (exact) mass is 440 g/mol. The summed E-state index contributed by atoms with van der Waals surface area (Å²) >= 11 is 6.30. The van der Waals surface area contributed by atoms with Crippen molar-refractivity contribution in [1.29, 1.82) is 0 Å². The summed E-state index contributed by atoms with van der Waals surface area (Å²) in [6.45, 7) is 6.23. The summed E-state index contributed by atoms with van der Waals surface area (Å²) in [6, 6.07) is 13.5. The molecule has 4 rings (SSSR count). The van der Waals surface area contributed by atoms with Crippen molar-refractivity contribution in [3.8, 4) is 0 Å². The summed E-state index contributed by atoms with van der Waals surface area (Å²) in [5, 5.41) is 0.431. The highest BCUT2D eigenvalue weighted by atomic mass is 35.5. The van der Waals surface area contributed by atoms with E-state index in [-0.39, 0.29) is 22.2 Å². The van der Waals surface area contributed by atoms with Crippen molar-refractivity contribution in [2.75, 3.05) is 4.72 Å². The van der Waals surface area contributed by atoms with E-state index in [1.165, 1.54) is 0 Å². The van der Waals surface area contributed by atoms with Crippen LogP contribution in [0.25, 0.3) is 0 Å². The average Bonchev–Trinajstić information content (AvgIpc) is 3.50. The molecule has 154 valence electrons. The first-order valence-corrected chi connectivity index (χ1v) is 11.3. The summed E-state index contributed by atoms with van der Waals surface area (Å²) in [5.41, 5.74) is 3.24. The first kappa shape index (κ1) is 20.5. The number of nitrogens with one attached hydrogen (secondary N) is 1. The van der Waals surface area contributed by atoms with Gasteiger partial charge in [0.15, 0.2) is 0 Å². The zero-order chi connectivity index (χ0) is 21.5. The molecule has 0 amide bonds. The predicted octanol–water partition coefficient (Wildman–Crippen LogP) is 4.77. The zero-order valence-corrected chi connectivity index (χ0v) is 18.4. The number of sulfonamides is 1. The lowest BCUT2D eigenvalue weighted by molar-refractivity contribution is 0.587. The van der Waals surface area contributed by atoms with Gasteiger partial charge >= 0.3 is 0 Å². The van der Waals surface area contributed by atoms with E-state index in [4.69, 9.17) is 11.6 Å². The minimum atomic E-state index is -3.78. The molecule has 6 nitrogen and oxygen atoms in total. The lowest BCUT2D eigenvalue weighted by Crippen LogP contribution is -2.16. The molecule has 1 unspecified atom stereocenters. The average molecular weight is 441 g/mol. The topological polar surface area (TPSA) is 84.3 Å². The Morgan fingerprint density at radius 1 is 1.03 bits per heavy atom. The van der Waals surface area contributed by atoms with Crippen LogP contribution in [0.1, 0.15) is 43.6 Å². The molecule has 0 aliphatic carbocycles. The van der Waals surface area contributed by atoms with E-state index in [9.17, 15) is 8.42 Å². The summed E-state index contributed by atoms with van der Waals surface area (Å²) < 4.78 is 28.2. The Bertz CT molecular complexity index is 1220.